The van der Waals surface area contributed by atoms with Crippen LogP contribution < -0.4 is 5.73 Å². The summed E-state index contributed by atoms with van der Waals surface area (Å²) in [4.78, 5) is 19.9. The van der Waals surface area contributed by atoms with E-state index in [0.29, 0.717) is 18.0 Å². The highest BCUT2D eigenvalue weighted by Crippen LogP contribution is 2.23. The molecule has 0 aliphatic heterocycles. The third-order valence-corrected chi connectivity index (χ3v) is 3.77. The van der Waals surface area contributed by atoms with Gasteiger partial charge in [0.05, 0.1) is 5.52 Å². The van der Waals surface area contributed by atoms with Crippen LogP contribution in [-0.2, 0) is 4.79 Å². The number of carbonyl (C=O) groups is 1. The van der Waals surface area contributed by atoms with Gasteiger partial charge in [-0.1, -0.05) is 23.9 Å². The van der Waals surface area contributed by atoms with E-state index in [1.165, 1.54) is 11.8 Å². The Hall–Kier alpha value is -2.15. The standard InChI is InChI=1S/C13H13N5OS/c1-8-15-12-9-4-2-3-5-10(9)16-13(18(12)17-8)20-7-6-11(14)19/h2-5H,6-7H2,1H3,(H2,14,19). The number of benzene rings is 1. The Morgan fingerprint density at radius 2 is 2.15 bits per heavy atom. The van der Waals surface area contributed by atoms with E-state index in [1.54, 1.807) is 4.52 Å². The maximum Gasteiger partial charge on any atom is 0.218 e. The highest BCUT2D eigenvalue weighted by Gasteiger charge is 2.12. The first kappa shape index (κ1) is 12.9. The molecule has 0 unspecified atom stereocenters. The van der Waals surface area contributed by atoms with E-state index in [4.69, 9.17) is 5.73 Å². The molecule has 7 heteroatoms. The van der Waals surface area contributed by atoms with Crippen LogP contribution in [0, 0.1) is 6.92 Å². The molecule has 0 bridgehead atoms. The van der Waals surface area contributed by atoms with E-state index in [9.17, 15) is 4.79 Å². The van der Waals surface area contributed by atoms with Gasteiger partial charge in [-0.15, -0.1) is 5.10 Å². The normalized spacial score (nSPS) is 11.2. The maximum atomic E-state index is 10.8. The zero-order chi connectivity index (χ0) is 14.1. The van der Waals surface area contributed by atoms with Crippen LogP contribution in [0.1, 0.15) is 12.2 Å². The predicted octanol–water partition coefficient (Wildman–Crippen LogP) is 1.55. The summed E-state index contributed by atoms with van der Waals surface area (Å²) < 4.78 is 1.73. The molecule has 3 rings (SSSR count). The first-order valence-electron chi connectivity index (χ1n) is 6.18. The molecule has 0 aliphatic rings. The lowest BCUT2D eigenvalue weighted by Crippen LogP contribution is -2.11. The number of primary amides is 1. The van der Waals surface area contributed by atoms with E-state index >= 15 is 0 Å². The number of thioether (sulfide) groups is 1. The fourth-order valence-electron chi connectivity index (χ4n) is 1.97. The lowest BCUT2D eigenvalue weighted by Gasteiger charge is -2.05. The third-order valence-electron chi connectivity index (χ3n) is 2.83. The first-order chi connectivity index (χ1) is 9.65. The smallest absolute Gasteiger partial charge is 0.218 e. The quantitative estimate of drug-likeness (QED) is 0.581. The Labute approximate surface area is 119 Å². The van der Waals surface area contributed by atoms with Gasteiger partial charge in [0.2, 0.25) is 5.91 Å². The predicted molar refractivity (Wildman–Crippen MR) is 77.6 cm³/mol. The number of hydrogen-bond acceptors (Lipinski definition) is 5. The minimum atomic E-state index is -0.315. The summed E-state index contributed by atoms with van der Waals surface area (Å²) >= 11 is 1.45. The van der Waals surface area contributed by atoms with Crippen molar-refractivity contribution >= 4 is 34.2 Å². The van der Waals surface area contributed by atoms with Gasteiger partial charge >= 0.3 is 0 Å². The SMILES string of the molecule is Cc1nc2c3ccccc3nc(SCCC(N)=O)n2n1. The highest BCUT2D eigenvalue weighted by molar-refractivity contribution is 7.99. The second-order valence-corrected chi connectivity index (χ2v) is 5.43. The van der Waals surface area contributed by atoms with Gasteiger partial charge in [-0.05, 0) is 19.1 Å². The second kappa shape index (κ2) is 5.09. The fourth-order valence-corrected chi connectivity index (χ4v) is 2.87. The highest BCUT2D eigenvalue weighted by atomic mass is 32.2. The lowest BCUT2D eigenvalue weighted by molar-refractivity contribution is -0.117. The number of nitrogens with zero attached hydrogens (tertiary/aromatic N) is 4. The Balaban J connectivity index is 2.11. The van der Waals surface area contributed by atoms with Crippen LogP contribution in [0.3, 0.4) is 0 Å². The van der Waals surface area contributed by atoms with Gasteiger partial charge in [0.25, 0.3) is 0 Å². The van der Waals surface area contributed by atoms with Crippen molar-refractivity contribution in [3.05, 3.63) is 30.1 Å². The monoisotopic (exact) mass is 287 g/mol. The topological polar surface area (TPSA) is 86.2 Å². The van der Waals surface area contributed by atoms with Crippen LogP contribution in [0.4, 0.5) is 0 Å². The fraction of sp³-hybridized carbons (Fsp3) is 0.231. The molecule has 0 fully saturated rings. The number of hydrogen-bond donors (Lipinski definition) is 1. The van der Waals surface area contributed by atoms with Crippen LogP contribution in [0.15, 0.2) is 29.4 Å². The Morgan fingerprint density at radius 3 is 2.95 bits per heavy atom. The molecule has 20 heavy (non-hydrogen) atoms. The van der Waals surface area contributed by atoms with Gasteiger partial charge in [-0.25, -0.2) is 9.97 Å². The second-order valence-electron chi connectivity index (χ2n) is 4.37. The molecular formula is C13H13N5OS. The van der Waals surface area contributed by atoms with Gasteiger partial charge in [0.1, 0.15) is 5.82 Å². The molecular weight excluding hydrogens is 274 g/mol. The van der Waals surface area contributed by atoms with Crippen molar-refractivity contribution in [1.29, 1.82) is 0 Å². The van der Waals surface area contributed by atoms with Gasteiger partial charge < -0.3 is 5.73 Å². The number of aromatic nitrogens is 4. The zero-order valence-corrected chi connectivity index (χ0v) is 11.7. The van der Waals surface area contributed by atoms with Crippen LogP contribution >= 0.6 is 11.8 Å². The van der Waals surface area contributed by atoms with Crippen molar-refractivity contribution in [1.82, 2.24) is 19.6 Å². The van der Waals surface area contributed by atoms with Crippen molar-refractivity contribution in [2.75, 3.05) is 5.75 Å². The van der Waals surface area contributed by atoms with Gasteiger partial charge in [0.15, 0.2) is 10.8 Å². The molecule has 0 aliphatic carbocycles. The first-order valence-corrected chi connectivity index (χ1v) is 7.17. The molecule has 3 aromatic rings. The molecule has 0 spiro atoms. The van der Waals surface area contributed by atoms with Gasteiger partial charge in [-0.2, -0.15) is 4.52 Å². The molecule has 1 amide bonds. The van der Waals surface area contributed by atoms with Crippen molar-refractivity contribution < 1.29 is 4.79 Å². The van der Waals surface area contributed by atoms with E-state index in [0.717, 1.165) is 21.7 Å². The molecule has 2 heterocycles. The minimum absolute atomic E-state index is 0.314. The molecule has 0 atom stereocenters. The summed E-state index contributed by atoms with van der Waals surface area (Å²) in [6, 6.07) is 7.81. The largest absolute Gasteiger partial charge is 0.370 e. The van der Waals surface area contributed by atoms with E-state index in [1.807, 2.05) is 31.2 Å². The average molecular weight is 287 g/mol. The molecule has 2 N–H and O–H groups in total. The Bertz CT molecular complexity index is 798. The van der Waals surface area contributed by atoms with Crippen molar-refractivity contribution in [2.24, 2.45) is 5.73 Å². The summed E-state index contributed by atoms with van der Waals surface area (Å²) in [5.41, 5.74) is 6.81. The number of aryl methyl sites for hydroxylation is 1. The van der Waals surface area contributed by atoms with Crippen LogP contribution in [0.5, 0.6) is 0 Å². The molecule has 1 aromatic carbocycles. The third kappa shape index (κ3) is 2.32. The van der Waals surface area contributed by atoms with E-state index < -0.39 is 0 Å². The van der Waals surface area contributed by atoms with Gasteiger partial charge in [0, 0.05) is 17.6 Å². The van der Waals surface area contributed by atoms with Crippen molar-refractivity contribution in [2.45, 2.75) is 18.5 Å². The number of carbonyl (C=O) groups excluding carboxylic acids is 1. The van der Waals surface area contributed by atoms with Crippen LogP contribution in [0.25, 0.3) is 16.6 Å². The Morgan fingerprint density at radius 1 is 1.35 bits per heavy atom. The summed E-state index contributed by atoms with van der Waals surface area (Å²) in [7, 11) is 0. The molecule has 2 aromatic heterocycles. The minimum Gasteiger partial charge on any atom is -0.370 e. The summed E-state index contributed by atoms with van der Waals surface area (Å²) in [6.07, 6.45) is 0.314. The Kier molecular flexibility index (Phi) is 3.27. The zero-order valence-electron chi connectivity index (χ0n) is 10.9. The average Bonchev–Trinajstić information content (AvgIpc) is 2.80. The van der Waals surface area contributed by atoms with E-state index in [2.05, 4.69) is 15.1 Å². The number of amides is 1. The summed E-state index contributed by atoms with van der Waals surface area (Å²) in [5.74, 6) is 0.957. The number of para-hydroxylation sites is 1. The lowest BCUT2D eigenvalue weighted by atomic mass is 10.2. The number of fused-ring (bicyclic) bond motifs is 3. The molecule has 0 radical (unpaired) electrons. The van der Waals surface area contributed by atoms with Gasteiger partial charge in [-0.3, -0.25) is 4.79 Å². The molecule has 6 nitrogen and oxygen atoms in total. The molecule has 102 valence electrons. The van der Waals surface area contributed by atoms with Crippen LogP contribution in [0.2, 0.25) is 0 Å². The number of nitrogens with two attached hydrogens (primary N) is 1. The van der Waals surface area contributed by atoms with E-state index in [-0.39, 0.29) is 5.91 Å². The molecule has 0 saturated heterocycles. The molecule has 0 saturated carbocycles. The van der Waals surface area contributed by atoms with Crippen molar-refractivity contribution in [3.63, 3.8) is 0 Å². The van der Waals surface area contributed by atoms with Crippen LogP contribution in [-0.4, -0.2) is 31.2 Å². The summed E-state index contributed by atoms with van der Waals surface area (Å²) in [5, 5.41) is 6.05. The maximum absolute atomic E-state index is 10.8. The summed E-state index contributed by atoms with van der Waals surface area (Å²) in [6.45, 7) is 1.85. The number of rotatable bonds is 4. The van der Waals surface area contributed by atoms with Crippen molar-refractivity contribution in [3.8, 4) is 0 Å².